The van der Waals surface area contributed by atoms with Gasteiger partial charge in [-0.15, -0.1) is 0 Å². The van der Waals surface area contributed by atoms with E-state index >= 15 is 0 Å². The van der Waals surface area contributed by atoms with Gasteiger partial charge in [0.05, 0.1) is 11.1 Å². The Balaban J connectivity index is 2.06. The lowest BCUT2D eigenvalue weighted by atomic mass is 10.0. The highest BCUT2D eigenvalue weighted by molar-refractivity contribution is 9.10. The molecule has 0 spiro atoms. The van der Waals surface area contributed by atoms with Gasteiger partial charge in [0.1, 0.15) is 11.6 Å². The fraction of sp³-hybridized carbons (Fsp3) is 0.200. The van der Waals surface area contributed by atoms with Crippen molar-refractivity contribution in [2.45, 2.75) is 5.92 Å². The average molecular weight is 388 g/mol. The van der Waals surface area contributed by atoms with Gasteiger partial charge in [0.15, 0.2) is 0 Å². The molecule has 1 unspecified atom stereocenters. The van der Waals surface area contributed by atoms with Gasteiger partial charge in [-0.05, 0) is 33.6 Å². The monoisotopic (exact) mass is 386 g/mol. The molecule has 1 nitrogen and oxygen atoms in total. The van der Waals surface area contributed by atoms with Crippen molar-refractivity contribution in [3.8, 4) is 5.75 Å². The second-order valence-corrected chi connectivity index (χ2v) is 5.65. The molecule has 0 N–H and O–H groups in total. The van der Waals surface area contributed by atoms with Crippen LogP contribution in [0.1, 0.15) is 11.5 Å². The van der Waals surface area contributed by atoms with Crippen LogP contribution in [0.2, 0.25) is 0 Å². The molecule has 0 saturated heterocycles. The van der Waals surface area contributed by atoms with Gasteiger partial charge in [-0.3, -0.25) is 0 Å². The molecular formula is C15H13Br2FO. The van der Waals surface area contributed by atoms with Crippen LogP contribution in [0.15, 0.2) is 53.0 Å². The van der Waals surface area contributed by atoms with Gasteiger partial charge in [0, 0.05) is 17.3 Å². The van der Waals surface area contributed by atoms with E-state index in [1.54, 1.807) is 6.07 Å². The van der Waals surface area contributed by atoms with Crippen molar-refractivity contribution in [2.24, 2.45) is 0 Å². The van der Waals surface area contributed by atoms with Crippen LogP contribution in [0.25, 0.3) is 0 Å². The Kier molecular flexibility index (Phi) is 5.40. The molecule has 2 rings (SSSR count). The third-order valence-electron chi connectivity index (χ3n) is 2.79. The number of ether oxygens (including phenoxy) is 1. The Bertz CT molecular complexity index is 531. The van der Waals surface area contributed by atoms with E-state index in [-0.39, 0.29) is 11.7 Å². The average Bonchev–Trinajstić information content (AvgIpc) is 2.44. The maximum absolute atomic E-state index is 13.2. The van der Waals surface area contributed by atoms with Crippen LogP contribution >= 0.6 is 31.9 Å². The third kappa shape index (κ3) is 4.05. The number of rotatable bonds is 5. The van der Waals surface area contributed by atoms with Crippen LogP contribution in [0.4, 0.5) is 4.39 Å². The van der Waals surface area contributed by atoms with Gasteiger partial charge in [0.2, 0.25) is 0 Å². The smallest absolute Gasteiger partial charge is 0.136 e. The van der Waals surface area contributed by atoms with Crippen LogP contribution in [-0.4, -0.2) is 11.9 Å². The molecule has 0 saturated carbocycles. The van der Waals surface area contributed by atoms with Crippen molar-refractivity contribution >= 4 is 31.9 Å². The minimum absolute atomic E-state index is 0.233. The zero-order chi connectivity index (χ0) is 13.7. The summed E-state index contributed by atoms with van der Waals surface area (Å²) in [4.78, 5) is 0. The molecule has 0 radical (unpaired) electrons. The zero-order valence-corrected chi connectivity index (χ0v) is 13.3. The quantitative estimate of drug-likeness (QED) is 0.645. The summed E-state index contributed by atoms with van der Waals surface area (Å²) in [5.74, 6) is 0.464. The number of halogens is 3. The molecule has 0 heterocycles. The minimum Gasteiger partial charge on any atom is -0.492 e. The summed E-state index contributed by atoms with van der Waals surface area (Å²) in [7, 11) is 0. The first-order chi connectivity index (χ1) is 9.20. The van der Waals surface area contributed by atoms with E-state index < -0.39 is 0 Å². The highest BCUT2D eigenvalue weighted by atomic mass is 79.9. The molecule has 1 atom stereocenters. The second-order valence-electron chi connectivity index (χ2n) is 4.15. The number of hydrogen-bond acceptors (Lipinski definition) is 1. The van der Waals surface area contributed by atoms with Crippen LogP contribution in [0.5, 0.6) is 5.75 Å². The Morgan fingerprint density at radius 3 is 2.53 bits per heavy atom. The van der Waals surface area contributed by atoms with Gasteiger partial charge < -0.3 is 4.74 Å². The minimum atomic E-state index is -0.298. The van der Waals surface area contributed by atoms with Crippen molar-refractivity contribution in [2.75, 3.05) is 11.9 Å². The topological polar surface area (TPSA) is 9.23 Å². The fourth-order valence-corrected chi connectivity index (χ4v) is 2.66. The van der Waals surface area contributed by atoms with E-state index in [2.05, 4.69) is 44.0 Å². The van der Waals surface area contributed by atoms with Crippen LogP contribution in [0.3, 0.4) is 0 Å². The molecule has 0 aliphatic rings. The molecule has 19 heavy (non-hydrogen) atoms. The summed E-state index contributed by atoms with van der Waals surface area (Å²) in [6.07, 6.45) is 0. The van der Waals surface area contributed by atoms with Crippen LogP contribution < -0.4 is 4.74 Å². The number of alkyl halides is 1. The third-order valence-corrected chi connectivity index (χ3v) is 4.23. The molecular weight excluding hydrogens is 375 g/mol. The second kappa shape index (κ2) is 7.06. The zero-order valence-electron chi connectivity index (χ0n) is 10.2. The number of hydrogen-bond donors (Lipinski definition) is 0. The molecule has 0 aromatic heterocycles. The van der Waals surface area contributed by atoms with E-state index in [1.165, 1.54) is 17.7 Å². The summed E-state index contributed by atoms with van der Waals surface area (Å²) >= 11 is 6.85. The summed E-state index contributed by atoms with van der Waals surface area (Å²) in [5, 5.41) is 0.796. The largest absolute Gasteiger partial charge is 0.492 e. The van der Waals surface area contributed by atoms with Gasteiger partial charge in [-0.25, -0.2) is 4.39 Å². The first-order valence-corrected chi connectivity index (χ1v) is 7.81. The lowest BCUT2D eigenvalue weighted by molar-refractivity contribution is 0.295. The van der Waals surface area contributed by atoms with E-state index in [4.69, 9.17) is 4.74 Å². The Morgan fingerprint density at radius 1 is 1.11 bits per heavy atom. The SMILES string of the molecule is Fc1ccc(Br)c(OCC(CBr)c2ccccc2)c1. The lowest BCUT2D eigenvalue weighted by Crippen LogP contribution is -2.12. The van der Waals surface area contributed by atoms with E-state index in [9.17, 15) is 4.39 Å². The predicted octanol–water partition coefficient (Wildman–Crippen LogP) is 5.15. The molecule has 0 aliphatic carbocycles. The van der Waals surface area contributed by atoms with Gasteiger partial charge >= 0.3 is 0 Å². The highest BCUT2D eigenvalue weighted by Gasteiger charge is 2.12. The molecule has 0 fully saturated rings. The first kappa shape index (κ1) is 14.5. The maximum Gasteiger partial charge on any atom is 0.136 e. The van der Waals surface area contributed by atoms with Gasteiger partial charge in [0.25, 0.3) is 0 Å². The molecule has 0 bridgehead atoms. The summed E-state index contributed by atoms with van der Waals surface area (Å²) in [6.45, 7) is 0.497. The molecule has 0 aliphatic heterocycles. The fourth-order valence-electron chi connectivity index (χ4n) is 1.73. The predicted molar refractivity (Wildman–Crippen MR) is 82.6 cm³/mol. The highest BCUT2D eigenvalue weighted by Crippen LogP contribution is 2.27. The molecule has 100 valence electrons. The lowest BCUT2D eigenvalue weighted by Gasteiger charge is -2.16. The van der Waals surface area contributed by atoms with Crippen molar-refractivity contribution in [3.05, 3.63) is 64.4 Å². The maximum atomic E-state index is 13.2. The standard InChI is InChI=1S/C15H13Br2FO/c16-9-12(11-4-2-1-3-5-11)10-19-15-8-13(18)6-7-14(15)17/h1-8,12H,9-10H2. The van der Waals surface area contributed by atoms with Crippen LogP contribution in [0, 0.1) is 5.82 Å². The van der Waals surface area contributed by atoms with Crippen molar-refractivity contribution in [1.29, 1.82) is 0 Å². The normalized spacial score (nSPS) is 12.2. The Morgan fingerprint density at radius 2 is 1.84 bits per heavy atom. The Labute approximate surface area is 129 Å². The van der Waals surface area contributed by atoms with E-state index in [0.29, 0.717) is 12.4 Å². The summed E-state index contributed by atoms with van der Waals surface area (Å²) in [6, 6.07) is 14.6. The first-order valence-electron chi connectivity index (χ1n) is 5.89. The summed E-state index contributed by atoms with van der Waals surface area (Å²) < 4.78 is 19.6. The van der Waals surface area contributed by atoms with Gasteiger partial charge in [-0.1, -0.05) is 46.3 Å². The molecule has 0 amide bonds. The van der Waals surface area contributed by atoms with Gasteiger partial charge in [-0.2, -0.15) is 0 Å². The van der Waals surface area contributed by atoms with Crippen molar-refractivity contribution < 1.29 is 9.13 Å². The Hall–Kier alpha value is -0.870. The van der Waals surface area contributed by atoms with Crippen LogP contribution in [-0.2, 0) is 0 Å². The van der Waals surface area contributed by atoms with Crippen molar-refractivity contribution in [1.82, 2.24) is 0 Å². The number of benzene rings is 2. The molecule has 4 heteroatoms. The van der Waals surface area contributed by atoms with Crippen molar-refractivity contribution in [3.63, 3.8) is 0 Å². The van der Waals surface area contributed by atoms with E-state index in [0.717, 1.165) is 9.80 Å². The van der Waals surface area contributed by atoms with E-state index in [1.807, 2.05) is 18.2 Å². The molecule has 2 aromatic carbocycles. The molecule has 2 aromatic rings. The summed E-state index contributed by atoms with van der Waals surface area (Å²) in [5.41, 5.74) is 1.20.